The molecule has 12 atom stereocenters. The molecule has 40 heteroatoms. The molecule has 0 saturated carbocycles. The van der Waals surface area contributed by atoms with E-state index < -0.39 is 219 Å². The number of aromatic hydroxyl groups is 1. The lowest BCUT2D eigenvalue weighted by Crippen LogP contribution is -2.61. The van der Waals surface area contributed by atoms with E-state index in [2.05, 4.69) is 86.7 Å². The van der Waals surface area contributed by atoms with Crippen LogP contribution in [0.25, 0.3) is 0 Å². The second-order valence-corrected chi connectivity index (χ2v) is 24.6. The third kappa shape index (κ3) is 34.0. The molecule has 0 aliphatic carbocycles. The minimum atomic E-state index is -1.92. The Morgan fingerprint density at radius 3 is 1.42 bits per heavy atom. The number of benzene rings is 2. The number of carbonyl (C=O) groups excluding carboxylic acids is 15. The molecule has 0 unspecified atom stereocenters. The molecule has 27 N–H and O–H groups in total. The van der Waals surface area contributed by atoms with E-state index in [1.807, 2.05) is 6.92 Å². The first-order valence-electron chi connectivity index (χ1n) is 32.6. The standard InChI is InChI=1S/C63H97N19O20S/c1-6-32(4)51(66)61(100)72-25-48(88)73-33(5)52(91)76-38(18-19-46(64)86)56(95)81-43(28-83)54(93)71-26-49(89)74-39(21-31(2)3)53(92)70-27-50(90)75-45(30-103)60(99)79-41(24-47(65)87)58(97)82-44(29-84)59(98)78-40(22-34-11-8-7-9-12-34)57(96)77-37(13-10-20-69-63(67)68)55(94)80-42(62(101)102)23-35-14-16-36(85)17-15-35/h7-9,11-12,14-17,31-33,37-45,51,83-85,103H,6,10,13,18-30,66H2,1-5H3,(H2,64,86)(H2,65,87)(H,70,92)(H,71,93)(H,72,100)(H,73,88)(H,74,89)(H,75,90)(H,76,91)(H,77,96)(H,78,98)(H,79,99)(H,80,94)(H,81,95)(H,82,97)(H,101,102)(H4,67,68,69)/t32-,33-,37-,38-,39-,40-,41-,42-,43-,44-,45-,51-/m0/s1. The summed E-state index contributed by atoms with van der Waals surface area (Å²) in [6, 6.07) is -3.39. The Bertz CT molecular complexity index is 3290. The molecule has 0 fully saturated rings. The van der Waals surface area contributed by atoms with Gasteiger partial charge in [0, 0.05) is 31.6 Å². The number of primary amides is 2. The number of guanidine groups is 1. The van der Waals surface area contributed by atoms with Crippen molar-refractivity contribution < 1.29 is 97.1 Å². The highest BCUT2D eigenvalue weighted by molar-refractivity contribution is 7.80. The molecule has 0 saturated heterocycles. The average molecular weight is 1470 g/mol. The molecule has 0 radical (unpaired) electrons. The number of phenolic OH excluding ortho intramolecular Hbond substituents is 1. The van der Waals surface area contributed by atoms with E-state index in [-0.39, 0.29) is 62.2 Å². The van der Waals surface area contributed by atoms with Gasteiger partial charge in [-0.15, -0.1) is 0 Å². The zero-order valence-corrected chi connectivity index (χ0v) is 58.5. The van der Waals surface area contributed by atoms with Crippen LogP contribution in [0.4, 0.5) is 0 Å². The zero-order valence-electron chi connectivity index (χ0n) is 57.6. The van der Waals surface area contributed by atoms with E-state index >= 15 is 0 Å². The van der Waals surface area contributed by atoms with E-state index in [1.54, 1.807) is 51.1 Å². The van der Waals surface area contributed by atoms with Crippen LogP contribution in [0.15, 0.2) is 59.6 Å². The number of nitrogens with one attached hydrogen (secondary N) is 13. The number of hydrogen-bond acceptors (Lipinski definition) is 22. The first kappa shape index (κ1) is 88.3. The van der Waals surface area contributed by atoms with Crippen molar-refractivity contribution in [1.82, 2.24) is 69.1 Å². The molecule has 39 nitrogen and oxygen atoms in total. The van der Waals surface area contributed by atoms with Crippen molar-refractivity contribution in [3.05, 3.63) is 65.7 Å². The molecule has 0 aliphatic rings. The van der Waals surface area contributed by atoms with Crippen LogP contribution in [-0.4, -0.2) is 233 Å². The Morgan fingerprint density at radius 1 is 0.476 bits per heavy atom. The van der Waals surface area contributed by atoms with Gasteiger partial charge in [-0.2, -0.15) is 12.6 Å². The van der Waals surface area contributed by atoms with Crippen LogP contribution in [0.3, 0.4) is 0 Å². The number of carboxylic acid groups (broad SMARTS) is 1. The van der Waals surface area contributed by atoms with Crippen LogP contribution in [0.2, 0.25) is 0 Å². The van der Waals surface area contributed by atoms with Crippen molar-refractivity contribution in [2.75, 3.05) is 45.1 Å². The summed E-state index contributed by atoms with van der Waals surface area (Å²) < 4.78 is 0. The highest BCUT2D eigenvalue weighted by Crippen LogP contribution is 2.14. The van der Waals surface area contributed by atoms with Gasteiger partial charge in [-0.1, -0.05) is 76.6 Å². The summed E-state index contributed by atoms with van der Waals surface area (Å²) in [7, 11) is 0. The first-order valence-corrected chi connectivity index (χ1v) is 33.2. The van der Waals surface area contributed by atoms with Crippen LogP contribution < -0.4 is 97.8 Å². The van der Waals surface area contributed by atoms with Crippen LogP contribution in [0.1, 0.15) is 90.7 Å². The SMILES string of the molecule is CC[C@H](C)[C@H](N)C(=O)NCC(=O)N[C@@H](C)C(=O)N[C@@H](CCC(N)=O)C(=O)N[C@@H](CO)C(=O)NCC(=O)N[C@@H](CC(C)C)C(=O)NCC(=O)N[C@@H](CS)C(=O)N[C@@H](CC(N)=O)C(=O)N[C@@H](CO)C(=O)N[C@@H](Cc1ccccc1)C(=O)N[C@@H](CCCN=C(N)N)C(=O)N[C@@H](Cc1ccc(O)cc1)C(=O)O. The minimum absolute atomic E-state index is 0.0278. The summed E-state index contributed by atoms with van der Waals surface area (Å²) in [5, 5.41) is 70.3. The average Bonchev–Trinajstić information content (AvgIpc) is 0.862. The van der Waals surface area contributed by atoms with Gasteiger partial charge in [-0.25, -0.2) is 4.79 Å². The zero-order chi connectivity index (χ0) is 77.6. The van der Waals surface area contributed by atoms with Crippen molar-refractivity contribution in [2.45, 2.75) is 159 Å². The van der Waals surface area contributed by atoms with Crippen LogP contribution in [0, 0.1) is 11.8 Å². The summed E-state index contributed by atoms with van der Waals surface area (Å²) >= 11 is 4.11. The molecule has 2 aromatic rings. The third-order valence-corrected chi connectivity index (χ3v) is 15.6. The molecular formula is C63H97N19O20S. The Morgan fingerprint density at radius 2 is 0.903 bits per heavy atom. The largest absolute Gasteiger partial charge is 0.508 e. The van der Waals surface area contributed by atoms with Crippen LogP contribution in [-0.2, 0) is 89.6 Å². The van der Waals surface area contributed by atoms with Crippen molar-refractivity contribution >= 4 is 113 Å². The number of rotatable bonds is 47. The van der Waals surface area contributed by atoms with Crippen molar-refractivity contribution in [3.8, 4) is 5.75 Å². The fourth-order valence-electron chi connectivity index (χ4n) is 9.31. The van der Waals surface area contributed by atoms with Crippen molar-refractivity contribution in [3.63, 3.8) is 0 Å². The number of aliphatic imine (C=N–C) groups is 1. The Labute approximate surface area is 598 Å². The normalized spacial score (nSPS) is 14.4. The molecule has 2 rings (SSSR count). The highest BCUT2D eigenvalue weighted by Gasteiger charge is 2.36. The predicted octanol–water partition coefficient (Wildman–Crippen LogP) is -8.99. The number of amides is 15. The van der Waals surface area contributed by atoms with Gasteiger partial charge < -0.3 is 118 Å². The second-order valence-electron chi connectivity index (χ2n) is 24.2. The lowest BCUT2D eigenvalue weighted by Gasteiger charge is -2.27. The highest BCUT2D eigenvalue weighted by atomic mass is 32.1. The smallest absolute Gasteiger partial charge is 0.326 e. The van der Waals surface area contributed by atoms with E-state index in [9.17, 15) is 97.1 Å². The Hall–Kier alpha value is -10.7. The number of carboxylic acids is 1. The van der Waals surface area contributed by atoms with Gasteiger partial charge in [-0.3, -0.25) is 76.9 Å². The van der Waals surface area contributed by atoms with Gasteiger partial charge in [-0.05, 0) is 67.7 Å². The van der Waals surface area contributed by atoms with Gasteiger partial charge in [0.05, 0.1) is 45.3 Å². The molecule has 103 heavy (non-hydrogen) atoms. The second kappa shape index (κ2) is 45.9. The molecule has 15 amide bonds. The van der Waals surface area contributed by atoms with E-state index in [1.165, 1.54) is 31.2 Å². The maximum atomic E-state index is 14.2. The third-order valence-electron chi connectivity index (χ3n) is 15.3. The number of aliphatic carboxylic acids is 1. The molecule has 0 aliphatic heterocycles. The number of aliphatic hydroxyl groups is 2. The molecule has 2 aromatic carbocycles. The van der Waals surface area contributed by atoms with Gasteiger partial charge >= 0.3 is 5.97 Å². The maximum Gasteiger partial charge on any atom is 0.326 e. The summed E-state index contributed by atoms with van der Waals surface area (Å²) in [4.78, 5) is 214. The number of thiol groups is 1. The molecule has 0 aromatic heterocycles. The van der Waals surface area contributed by atoms with E-state index in [0.29, 0.717) is 17.5 Å². The maximum absolute atomic E-state index is 14.2. The lowest BCUT2D eigenvalue weighted by molar-refractivity contribution is -0.142. The van der Waals surface area contributed by atoms with E-state index in [0.717, 1.165) is 0 Å². The van der Waals surface area contributed by atoms with Gasteiger partial charge in [0.25, 0.3) is 0 Å². The van der Waals surface area contributed by atoms with Crippen molar-refractivity contribution in [2.24, 2.45) is 45.5 Å². The Kier molecular flexibility index (Phi) is 39.4. The van der Waals surface area contributed by atoms with E-state index in [4.69, 9.17) is 28.7 Å². The monoisotopic (exact) mass is 1470 g/mol. The lowest BCUT2D eigenvalue weighted by atomic mass is 9.99. The first-order chi connectivity index (χ1) is 48.5. The van der Waals surface area contributed by atoms with Crippen LogP contribution >= 0.6 is 12.6 Å². The molecule has 0 bridgehead atoms. The van der Waals surface area contributed by atoms with Gasteiger partial charge in [0.15, 0.2) is 5.96 Å². The predicted molar refractivity (Wildman–Crippen MR) is 371 cm³/mol. The molecular weight excluding hydrogens is 1370 g/mol. The number of hydrogen-bond donors (Lipinski definition) is 23. The quantitative estimate of drug-likeness (QED) is 0.0127. The molecule has 570 valence electrons. The Balaban J connectivity index is 2.17. The number of nitrogens with two attached hydrogens (primary N) is 5. The van der Waals surface area contributed by atoms with Crippen molar-refractivity contribution in [1.29, 1.82) is 0 Å². The van der Waals surface area contributed by atoms with Gasteiger partial charge in [0.1, 0.15) is 66.2 Å². The number of carbonyl (C=O) groups is 16. The minimum Gasteiger partial charge on any atom is -0.508 e. The summed E-state index contributed by atoms with van der Waals surface area (Å²) in [6.07, 6.45) is -1.86. The summed E-state index contributed by atoms with van der Waals surface area (Å²) in [5.41, 5.74) is 28.4. The summed E-state index contributed by atoms with van der Waals surface area (Å²) in [5.74, 6) is -18.0. The molecule has 0 heterocycles. The van der Waals surface area contributed by atoms with Crippen LogP contribution in [0.5, 0.6) is 5.75 Å². The number of nitrogens with zero attached hydrogens (tertiary/aromatic N) is 1. The molecule has 0 spiro atoms. The summed E-state index contributed by atoms with van der Waals surface area (Å²) in [6.45, 7) is 3.69. The number of aliphatic hydroxyl groups excluding tert-OH is 2. The topological polar surface area (TPSA) is 653 Å². The van der Waals surface area contributed by atoms with Gasteiger partial charge in [0.2, 0.25) is 88.6 Å². The fraction of sp³-hybridized carbons (Fsp3) is 0.540. The fourth-order valence-corrected chi connectivity index (χ4v) is 9.57. The number of phenols is 1.